The predicted molar refractivity (Wildman–Crippen MR) is 77.3 cm³/mol. The van der Waals surface area contributed by atoms with Crippen LogP contribution >= 0.6 is 0 Å². The standard InChI is InChI=1S/C15H20FN3O2/c1-10-2-3-13(16)12(8-10)15(21)19(9-14(17)20)11-4-6-18-7-5-11/h2-3,8,11,18H,4-7,9H2,1H3,(H2,17,20). The summed E-state index contributed by atoms with van der Waals surface area (Å²) >= 11 is 0. The second-order valence-corrected chi connectivity index (χ2v) is 5.36. The van der Waals surface area contributed by atoms with Crippen molar-refractivity contribution in [2.45, 2.75) is 25.8 Å². The van der Waals surface area contributed by atoms with Crippen LogP contribution in [-0.4, -0.2) is 42.4 Å². The maximum absolute atomic E-state index is 13.9. The molecule has 6 heteroatoms. The van der Waals surface area contributed by atoms with Gasteiger partial charge in [-0.1, -0.05) is 11.6 Å². The molecule has 2 amide bonds. The Morgan fingerprint density at radius 3 is 2.67 bits per heavy atom. The first-order chi connectivity index (χ1) is 9.99. The lowest BCUT2D eigenvalue weighted by molar-refractivity contribution is -0.119. The summed E-state index contributed by atoms with van der Waals surface area (Å²) < 4.78 is 13.9. The zero-order valence-corrected chi connectivity index (χ0v) is 12.1. The van der Waals surface area contributed by atoms with Crippen molar-refractivity contribution < 1.29 is 14.0 Å². The minimum Gasteiger partial charge on any atom is -0.368 e. The van der Waals surface area contributed by atoms with E-state index >= 15 is 0 Å². The number of nitrogens with zero attached hydrogens (tertiary/aromatic N) is 1. The Morgan fingerprint density at radius 1 is 1.38 bits per heavy atom. The number of hydrogen-bond acceptors (Lipinski definition) is 3. The summed E-state index contributed by atoms with van der Waals surface area (Å²) in [5, 5.41) is 3.19. The van der Waals surface area contributed by atoms with Crippen molar-refractivity contribution in [2.24, 2.45) is 5.73 Å². The molecule has 5 nitrogen and oxygen atoms in total. The van der Waals surface area contributed by atoms with E-state index in [4.69, 9.17) is 5.73 Å². The highest BCUT2D eigenvalue weighted by atomic mass is 19.1. The second-order valence-electron chi connectivity index (χ2n) is 5.36. The number of primary amides is 1. The first kappa shape index (κ1) is 15.4. The molecule has 0 aromatic heterocycles. The van der Waals surface area contributed by atoms with E-state index < -0.39 is 17.6 Å². The number of aryl methyl sites for hydroxylation is 1. The van der Waals surface area contributed by atoms with Gasteiger partial charge in [0.2, 0.25) is 5.91 Å². The van der Waals surface area contributed by atoms with E-state index in [1.807, 2.05) is 0 Å². The lowest BCUT2D eigenvalue weighted by Gasteiger charge is -2.34. The molecule has 3 N–H and O–H groups in total. The number of nitrogens with two attached hydrogens (primary N) is 1. The fraction of sp³-hybridized carbons (Fsp3) is 0.467. The minimum atomic E-state index is -0.588. The van der Waals surface area contributed by atoms with Gasteiger partial charge in [0.1, 0.15) is 5.82 Å². The monoisotopic (exact) mass is 293 g/mol. The van der Waals surface area contributed by atoms with Crippen LogP contribution < -0.4 is 11.1 Å². The van der Waals surface area contributed by atoms with Crippen LogP contribution in [-0.2, 0) is 4.79 Å². The summed E-state index contributed by atoms with van der Waals surface area (Å²) in [5.41, 5.74) is 6.03. The summed E-state index contributed by atoms with van der Waals surface area (Å²) in [5.74, 6) is -1.63. The molecule has 0 saturated carbocycles. The summed E-state index contributed by atoms with van der Waals surface area (Å²) in [6.45, 7) is 3.14. The van der Waals surface area contributed by atoms with Crippen LogP contribution in [0.4, 0.5) is 4.39 Å². The van der Waals surface area contributed by atoms with Crippen molar-refractivity contribution >= 4 is 11.8 Å². The molecule has 0 spiro atoms. The third-order valence-electron chi connectivity index (χ3n) is 3.69. The Balaban J connectivity index is 2.28. The highest BCUT2D eigenvalue weighted by Gasteiger charge is 2.28. The maximum Gasteiger partial charge on any atom is 0.257 e. The highest BCUT2D eigenvalue weighted by Crippen LogP contribution is 2.18. The molecule has 0 radical (unpaired) electrons. The Kier molecular flexibility index (Phi) is 4.90. The summed E-state index contributed by atoms with van der Waals surface area (Å²) in [4.78, 5) is 25.3. The molecule has 0 atom stereocenters. The number of carbonyl (C=O) groups is 2. The quantitative estimate of drug-likeness (QED) is 0.863. The molecule has 0 bridgehead atoms. The van der Waals surface area contributed by atoms with Gasteiger partial charge in [0.25, 0.3) is 5.91 Å². The average Bonchev–Trinajstić information content (AvgIpc) is 2.47. The van der Waals surface area contributed by atoms with Gasteiger partial charge < -0.3 is 16.0 Å². The number of nitrogens with one attached hydrogen (secondary N) is 1. The molecule has 21 heavy (non-hydrogen) atoms. The predicted octanol–water partition coefficient (Wildman–Crippen LogP) is 0.814. The fourth-order valence-corrected chi connectivity index (χ4v) is 2.61. The number of rotatable bonds is 4. The Labute approximate surface area is 123 Å². The van der Waals surface area contributed by atoms with Crippen LogP contribution in [0.15, 0.2) is 18.2 Å². The summed E-state index contributed by atoms with van der Waals surface area (Å²) in [6.07, 6.45) is 1.46. The van der Waals surface area contributed by atoms with Crippen molar-refractivity contribution in [1.29, 1.82) is 0 Å². The van der Waals surface area contributed by atoms with E-state index in [1.54, 1.807) is 13.0 Å². The number of hydrogen-bond donors (Lipinski definition) is 2. The molecule has 1 aliphatic rings. The van der Waals surface area contributed by atoms with E-state index in [0.29, 0.717) is 0 Å². The summed E-state index contributed by atoms with van der Waals surface area (Å²) in [6, 6.07) is 4.29. The van der Waals surface area contributed by atoms with E-state index in [0.717, 1.165) is 31.5 Å². The SMILES string of the molecule is Cc1ccc(F)c(C(=O)N(CC(N)=O)C2CCNCC2)c1. The molecule has 1 aromatic rings. The van der Waals surface area contributed by atoms with Gasteiger partial charge in [-0.25, -0.2) is 4.39 Å². The summed E-state index contributed by atoms with van der Waals surface area (Å²) in [7, 11) is 0. The van der Waals surface area contributed by atoms with Gasteiger partial charge >= 0.3 is 0 Å². The zero-order valence-electron chi connectivity index (χ0n) is 12.1. The zero-order chi connectivity index (χ0) is 15.4. The van der Waals surface area contributed by atoms with Gasteiger partial charge in [-0.15, -0.1) is 0 Å². The number of carbonyl (C=O) groups excluding carboxylic acids is 2. The molecule has 1 aliphatic heterocycles. The molecule has 1 saturated heterocycles. The molecule has 1 fully saturated rings. The molecule has 1 heterocycles. The van der Waals surface area contributed by atoms with E-state index in [2.05, 4.69) is 5.32 Å². The van der Waals surface area contributed by atoms with Crippen LogP contribution in [0.3, 0.4) is 0 Å². The van der Waals surface area contributed by atoms with Crippen LogP contribution in [0.1, 0.15) is 28.8 Å². The third kappa shape index (κ3) is 3.78. The van der Waals surface area contributed by atoms with Crippen LogP contribution in [0.25, 0.3) is 0 Å². The van der Waals surface area contributed by atoms with Crippen LogP contribution in [0.5, 0.6) is 0 Å². The van der Waals surface area contributed by atoms with Crippen LogP contribution in [0, 0.1) is 12.7 Å². The van der Waals surface area contributed by atoms with Crippen molar-refractivity contribution in [2.75, 3.05) is 19.6 Å². The van der Waals surface area contributed by atoms with Crippen molar-refractivity contribution in [3.63, 3.8) is 0 Å². The number of amides is 2. The van der Waals surface area contributed by atoms with Gasteiger partial charge in [-0.3, -0.25) is 9.59 Å². The van der Waals surface area contributed by atoms with Crippen molar-refractivity contribution in [3.8, 4) is 0 Å². The highest BCUT2D eigenvalue weighted by molar-refractivity contribution is 5.97. The number of piperidine rings is 1. The molecule has 114 valence electrons. The Morgan fingerprint density at radius 2 is 2.05 bits per heavy atom. The van der Waals surface area contributed by atoms with E-state index in [9.17, 15) is 14.0 Å². The van der Waals surface area contributed by atoms with Crippen LogP contribution in [0.2, 0.25) is 0 Å². The van der Waals surface area contributed by atoms with Gasteiger partial charge in [-0.05, 0) is 45.0 Å². The lowest BCUT2D eigenvalue weighted by atomic mass is 10.0. The van der Waals surface area contributed by atoms with Gasteiger partial charge in [0.05, 0.1) is 12.1 Å². The van der Waals surface area contributed by atoms with Crippen molar-refractivity contribution in [1.82, 2.24) is 10.2 Å². The second kappa shape index (κ2) is 6.67. The number of halogens is 1. The van der Waals surface area contributed by atoms with Gasteiger partial charge in [-0.2, -0.15) is 0 Å². The van der Waals surface area contributed by atoms with E-state index in [-0.39, 0.29) is 18.2 Å². The number of benzene rings is 1. The minimum absolute atomic E-state index is 0.00483. The van der Waals surface area contributed by atoms with Gasteiger partial charge in [0.15, 0.2) is 0 Å². The fourth-order valence-electron chi connectivity index (χ4n) is 2.61. The Hall–Kier alpha value is -1.95. The normalized spacial score (nSPS) is 15.7. The molecule has 2 rings (SSSR count). The Bertz CT molecular complexity index is 542. The largest absolute Gasteiger partial charge is 0.368 e. The molecule has 1 aromatic carbocycles. The maximum atomic E-state index is 13.9. The van der Waals surface area contributed by atoms with Crippen molar-refractivity contribution in [3.05, 3.63) is 35.1 Å². The first-order valence-corrected chi connectivity index (χ1v) is 7.05. The lowest BCUT2D eigenvalue weighted by Crippen LogP contribution is -2.49. The third-order valence-corrected chi connectivity index (χ3v) is 3.69. The topological polar surface area (TPSA) is 75.4 Å². The first-order valence-electron chi connectivity index (χ1n) is 7.05. The average molecular weight is 293 g/mol. The van der Waals surface area contributed by atoms with E-state index in [1.165, 1.54) is 17.0 Å². The molecule has 0 aliphatic carbocycles. The van der Waals surface area contributed by atoms with Gasteiger partial charge in [0, 0.05) is 6.04 Å². The smallest absolute Gasteiger partial charge is 0.257 e. The molecular formula is C15H20FN3O2. The molecule has 0 unspecified atom stereocenters. The molecular weight excluding hydrogens is 273 g/mol.